The Morgan fingerprint density at radius 3 is 2.50 bits per heavy atom. The molecule has 0 aliphatic heterocycles. The maximum absolute atomic E-state index is 12.5. The molecule has 3 rings (SSSR count). The first kappa shape index (κ1) is 14.4. The highest BCUT2D eigenvalue weighted by molar-refractivity contribution is 6.08. The van der Waals surface area contributed by atoms with E-state index in [-0.39, 0.29) is 5.78 Å². The predicted molar refractivity (Wildman–Crippen MR) is 89.8 cm³/mol. The maximum Gasteiger partial charge on any atom is 0.163 e. The van der Waals surface area contributed by atoms with Gasteiger partial charge in [-0.3, -0.25) is 4.79 Å². The Balaban J connectivity index is 2.14. The van der Waals surface area contributed by atoms with Crippen LogP contribution in [0.5, 0.6) is 0 Å². The van der Waals surface area contributed by atoms with E-state index in [0.717, 1.165) is 27.7 Å². The molecule has 2 aromatic carbocycles. The van der Waals surface area contributed by atoms with Crippen LogP contribution in [0.4, 0.5) is 0 Å². The number of rotatable bonds is 5. The van der Waals surface area contributed by atoms with Gasteiger partial charge >= 0.3 is 0 Å². The molecule has 22 heavy (non-hydrogen) atoms. The first-order valence-corrected chi connectivity index (χ1v) is 7.48. The Hall–Kier alpha value is -2.52. The van der Waals surface area contributed by atoms with Crippen molar-refractivity contribution in [1.29, 1.82) is 0 Å². The third-order valence-corrected chi connectivity index (χ3v) is 3.69. The second-order valence-corrected chi connectivity index (χ2v) is 5.25. The summed E-state index contributed by atoms with van der Waals surface area (Å²) in [6.45, 7) is 0.528. The van der Waals surface area contributed by atoms with Gasteiger partial charge in [-0.05, 0) is 25.1 Å². The molecule has 110 valence electrons. The van der Waals surface area contributed by atoms with Gasteiger partial charge < -0.3 is 5.73 Å². The van der Waals surface area contributed by atoms with Gasteiger partial charge in [0.2, 0.25) is 0 Å². The van der Waals surface area contributed by atoms with Crippen LogP contribution in [-0.4, -0.2) is 17.3 Å². The van der Waals surface area contributed by atoms with Gasteiger partial charge in [-0.15, -0.1) is 0 Å². The van der Waals surface area contributed by atoms with Gasteiger partial charge in [0.05, 0.1) is 11.2 Å². The molecule has 3 aromatic rings. The molecule has 1 aromatic heterocycles. The van der Waals surface area contributed by atoms with Crippen molar-refractivity contribution >= 4 is 16.7 Å². The topological polar surface area (TPSA) is 56.0 Å². The first-order chi connectivity index (χ1) is 10.8. The van der Waals surface area contributed by atoms with E-state index in [1.807, 2.05) is 60.7 Å². The van der Waals surface area contributed by atoms with E-state index in [0.29, 0.717) is 19.4 Å². The van der Waals surface area contributed by atoms with Gasteiger partial charge in [0.1, 0.15) is 0 Å². The lowest BCUT2D eigenvalue weighted by Crippen LogP contribution is -2.06. The number of para-hydroxylation sites is 1. The Kier molecular flexibility index (Phi) is 4.26. The number of fused-ring (bicyclic) bond motifs is 1. The summed E-state index contributed by atoms with van der Waals surface area (Å²) < 4.78 is 0. The van der Waals surface area contributed by atoms with Crippen molar-refractivity contribution in [1.82, 2.24) is 4.98 Å². The molecule has 0 atom stereocenters. The summed E-state index contributed by atoms with van der Waals surface area (Å²) in [6.07, 6.45) is 1.18. The molecule has 0 amide bonds. The number of nitrogens with two attached hydrogens (primary N) is 1. The molecule has 0 saturated carbocycles. The SMILES string of the molecule is NCCCC(=O)c1cc(-c2ccccc2)nc2ccccc12. The molecule has 0 radical (unpaired) electrons. The van der Waals surface area contributed by atoms with Gasteiger partial charge in [-0.2, -0.15) is 0 Å². The number of benzene rings is 2. The average Bonchev–Trinajstić information content (AvgIpc) is 2.59. The lowest BCUT2D eigenvalue weighted by atomic mass is 9.99. The minimum absolute atomic E-state index is 0.126. The molecule has 3 heteroatoms. The quantitative estimate of drug-likeness (QED) is 0.727. The number of carbonyl (C=O) groups excluding carboxylic acids is 1. The smallest absolute Gasteiger partial charge is 0.163 e. The Morgan fingerprint density at radius 2 is 1.73 bits per heavy atom. The molecule has 0 unspecified atom stereocenters. The summed E-state index contributed by atoms with van der Waals surface area (Å²) in [5.41, 5.74) is 8.95. The molecule has 0 spiro atoms. The van der Waals surface area contributed by atoms with Crippen molar-refractivity contribution in [3.63, 3.8) is 0 Å². The second kappa shape index (κ2) is 6.50. The second-order valence-electron chi connectivity index (χ2n) is 5.25. The van der Waals surface area contributed by atoms with E-state index in [1.54, 1.807) is 0 Å². The minimum Gasteiger partial charge on any atom is -0.330 e. The average molecular weight is 290 g/mol. The molecular formula is C19H18N2O. The van der Waals surface area contributed by atoms with Crippen LogP contribution >= 0.6 is 0 Å². The summed E-state index contributed by atoms with van der Waals surface area (Å²) in [5.74, 6) is 0.126. The summed E-state index contributed by atoms with van der Waals surface area (Å²) in [6, 6.07) is 19.6. The maximum atomic E-state index is 12.5. The van der Waals surface area contributed by atoms with Crippen molar-refractivity contribution in [3.05, 3.63) is 66.2 Å². The molecule has 0 bridgehead atoms. The van der Waals surface area contributed by atoms with Crippen molar-refractivity contribution in [2.24, 2.45) is 5.73 Å². The molecule has 0 aliphatic rings. The van der Waals surface area contributed by atoms with Crippen molar-refractivity contribution in [2.75, 3.05) is 6.54 Å². The number of pyridine rings is 1. The molecule has 0 aliphatic carbocycles. The van der Waals surface area contributed by atoms with E-state index in [4.69, 9.17) is 10.7 Å². The van der Waals surface area contributed by atoms with Gasteiger partial charge in [0.15, 0.2) is 5.78 Å². The highest BCUT2D eigenvalue weighted by Gasteiger charge is 2.13. The standard InChI is InChI=1S/C19H18N2O/c20-12-6-11-19(22)16-13-18(14-7-2-1-3-8-14)21-17-10-5-4-9-15(16)17/h1-5,7-10,13H,6,11-12,20H2. The Bertz CT molecular complexity index is 797. The van der Waals surface area contributed by atoms with Crippen LogP contribution in [0.1, 0.15) is 23.2 Å². The molecular weight excluding hydrogens is 272 g/mol. The fourth-order valence-electron chi connectivity index (χ4n) is 2.56. The highest BCUT2D eigenvalue weighted by Crippen LogP contribution is 2.25. The molecule has 0 fully saturated rings. The summed E-state index contributed by atoms with van der Waals surface area (Å²) in [4.78, 5) is 17.2. The van der Waals surface area contributed by atoms with Gasteiger partial charge in [-0.25, -0.2) is 4.98 Å². The normalized spacial score (nSPS) is 10.8. The van der Waals surface area contributed by atoms with Crippen LogP contribution in [0.3, 0.4) is 0 Å². The number of nitrogens with zero attached hydrogens (tertiary/aromatic N) is 1. The Morgan fingerprint density at radius 1 is 1.00 bits per heavy atom. The molecule has 2 N–H and O–H groups in total. The van der Waals surface area contributed by atoms with Crippen LogP contribution in [0.25, 0.3) is 22.2 Å². The summed E-state index contributed by atoms with van der Waals surface area (Å²) in [7, 11) is 0. The third-order valence-electron chi connectivity index (χ3n) is 3.69. The largest absolute Gasteiger partial charge is 0.330 e. The number of aromatic nitrogens is 1. The van der Waals surface area contributed by atoms with Crippen LogP contribution in [0.2, 0.25) is 0 Å². The van der Waals surface area contributed by atoms with E-state index >= 15 is 0 Å². The van der Waals surface area contributed by atoms with Crippen LogP contribution < -0.4 is 5.73 Å². The van der Waals surface area contributed by atoms with E-state index < -0.39 is 0 Å². The zero-order chi connectivity index (χ0) is 15.4. The lowest BCUT2D eigenvalue weighted by molar-refractivity contribution is 0.0982. The number of hydrogen-bond acceptors (Lipinski definition) is 3. The Labute approximate surface area is 129 Å². The monoisotopic (exact) mass is 290 g/mol. The van der Waals surface area contributed by atoms with E-state index in [2.05, 4.69) is 0 Å². The minimum atomic E-state index is 0.126. The van der Waals surface area contributed by atoms with Crippen LogP contribution in [0, 0.1) is 0 Å². The summed E-state index contributed by atoms with van der Waals surface area (Å²) in [5, 5.41) is 0.907. The molecule has 0 saturated heterocycles. The van der Waals surface area contributed by atoms with E-state index in [9.17, 15) is 4.79 Å². The fraction of sp³-hybridized carbons (Fsp3) is 0.158. The summed E-state index contributed by atoms with van der Waals surface area (Å²) >= 11 is 0. The molecule has 1 heterocycles. The predicted octanol–water partition coefficient (Wildman–Crippen LogP) is 3.82. The fourth-order valence-corrected chi connectivity index (χ4v) is 2.56. The number of hydrogen-bond donors (Lipinski definition) is 1. The number of Topliss-reactive ketones (excluding diaryl/α,β-unsaturated/α-hetero) is 1. The van der Waals surface area contributed by atoms with Crippen molar-refractivity contribution in [2.45, 2.75) is 12.8 Å². The zero-order valence-corrected chi connectivity index (χ0v) is 12.3. The van der Waals surface area contributed by atoms with Crippen LogP contribution in [0.15, 0.2) is 60.7 Å². The first-order valence-electron chi connectivity index (χ1n) is 7.48. The van der Waals surface area contributed by atoms with Crippen molar-refractivity contribution in [3.8, 4) is 11.3 Å². The van der Waals surface area contributed by atoms with Gasteiger partial charge in [-0.1, -0.05) is 48.5 Å². The van der Waals surface area contributed by atoms with Crippen LogP contribution in [-0.2, 0) is 0 Å². The van der Waals surface area contributed by atoms with Gasteiger partial charge in [0, 0.05) is 22.9 Å². The number of carbonyl (C=O) groups is 1. The van der Waals surface area contributed by atoms with E-state index in [1.165, 1.54) is 0 Å². The zero-order valence-electron chi connectivity index (χ0n) is 12.3. The molecule has 3 nitrogen and oxygen atoms in total. The number of ketones is 1. The van der Waals surface area contributed by atoms with Crippen molar-refractivity contribution < 1.29 is 4.79 Å². The third kappa shape index (κ3) is 2.90. The lowest BCUT2D eigenvalue weighted by Gasteiger charge is -2.09. The van der Waals surface area contributed by atoms with Gasteiger partial charge in [0.25, 0.3) is 0 Å². The highest BCUT2D eigenvalue weighted by atomic mass is 16.1.